The van der Waals surface area contributed by atoms with Gasteiger partial charge in [-0.15, -0.1) is 11.8 Å². The Morgan fingerprint density at radius 3 is 2.33 bits per heavy atom. The normalized spacial score (nSPS) is 15.6. The molecule has 180 valence electrons. The predicted octanol–water partition coefficient (Wildman–Crippen LogP) is 7.61. The fraction of sp³-hybridized carbons (Fsp3) is 0.138. The van der Waals surface area contributed by atoms with Crippen LogP contribution in [-0.4, -0.2) is 30.7 Å². The summed E-state index contributed by atoms with van der Waals surface area (Å²) in [7, 11) is 0. The van der Waals surface area contributed by atoms with Crippen LogP contribution in [0.3, 0.4) is 0 Å². The van der Waals surface area contributed by atoms with Gasteiger partial charge in [-0.05, 0) is 48.6 Å². The maximum absolute atomic E-state index is 13.5. The summed E-state index contributed by atoms with van der Waals surface area (Å²) in [5.41, 5.74) is 4.72. The van der Waals surface area contributed by atoms with Crippen molar-refractivity contribution in [1.29, 1.82) is 0 Å². The van der Waals surface area contributed by atoms with Gasteiger partial charge in [0.15, 0.2) is 0 Å². The zero-order valence-electron chi connectivity index (χ0n) is 20.0. The molecule has 4 nitrogen and oxygen atoms in total. The van der Waals surface area contributed by atoms with E-state index in [1.54, 1.807) is 4.90 Å². The summed E-state index contributed by atoms with van der Waals surface area (Å²) in [6.07, 6.45) is 3.90. The molecule has 2 heterocycles. The molecule has 1 aromatic heterocycles. The van der Waals surface area contributed by atoms with Crippen LogP contribution in [0.15, 0.2) is 101 Å². The fourth-order valence-electron chi connectivity index (χ4n) is 4.14. The molecule has 3 aromatic carbocycles. The molecular formula is C29H25N3OS3. The van der Waals surface area contributed by atoms with Crippen molar-refractivity contribution < 1.29 is 4.79 Å². The van der Waals surface area contributed by atoms with Crippen LogP contribution in [0.25, 0.3) is 23.0 Å². The molecule has 1 saturated heterocycles. The Morgan fingerprint density at radius 2 is 1.67 bits per heavy atom. The Labute approximate surface area is 225 Å². The Balaban J connectivity index is 1.53. The van der Waals surface area contributed by atoms with Gasteiger partial charge in [0.2, 0.25) is 0 Å². The predicted molar refractivity (Wildman–Crippen MR) is 155 cm³/mol. The van der Waals surface area contributed by atoms with Crippen molar-refractivity contribution in [2.45, 2.75) is 24.8 Å². The van der Waals surface area contributed by atoms with Gasteiger partial charge in [0.1, 0.15) is 4.32 Å². The molecule has 0 radical (unpaired) electrons. The first-order chi connectivity index (χ1) is 17.5. The number of amides is 1. The van der Waals surface area contributed by atoms with Gasteiger partial charge in [-0.3, -0.25) is 9.69 Å². The third kappa shape index (κ3) is 5.05. The van der Waals surface area contributed by atoms with Crippen molar-refractivity contribution in [3.8, 4) is 16.9 Å². The lowest BCUT2D eigenvalue weighted by atomic mass is 10.1. The number of hydrogen-bond acceptors (Lipinski definition) is 5. The van der Waals surface area contributed by atoms with Crippen LogP contribution in [-0.2, 0) is 4.79 Å². The molecule has 5 rings (SSSR count). The smallest absolute Gasteiger partial charge is 0.266 e. The van der Waals surface area contributed by atoms with E-state index in [0.717, 1.165) is 33.8 Å². The molecule has 0 aliphatic carbocycles. The number of hydrogen-bond donors (Lipinski definition) is 0. The third-order valence-electron chi connectivity index (χ3n) is 5.98. The first kappa shape index (κ1) is 24.6. The number of rotatable bonds is 7. The molecule has 0 saturated carbocycles. The minimum Gasteiger partial charge on any atom is -0.286 e. The van der Waals surface area contributed by atoms with Crippen LogP contribution in [0.5, 0.6) is 0 Å². The summed E-state index contributed by atoms with van der Waals surface area (Å²) < 4.78 is 2.43. The number of para-hydroxylation sites is 1. The molecular weight excluding hydrogens is 503 g/mol. The zero-order valence-corrected chi connectivity index (χ0v) is 22.4. The Morgan fingerprint density at radius 1 is 1.00 bits per heavy atom. The van der Waals surface area contributed by atoms with Crippen LogP contribution in [0.2, 0.25) is 0 Å². The highest BCUT2D eigenvalue weighted by Crippen LogP contribution is 2.39. The molecule has 7 heteroatoms. The van der Waals surface area contributed by atoms with E-state index in [4.69, 9.17) is 17.3 Å². The highest BCUT2D eigenvalue weighted by atomic mass is 32.2. The second-order valence-corrected chi connectivity index (χ2v) is 11.3. The molecule has 0 spiro atoms. The molecule has 0 N–H and O–H groups in total. The van der Waals surface area contributed by atoms with Crippen molar-refractivity contribution in [3.05, 3.63) is 107 Å². The van der Waals surface area contributed by atoms with Gasteiger partial charge in [0.25, 0.3) is 5.91 Å². The number of thioether (sulfide) groups is 2. The van der Waals surface area contributed by atoms with Gasteiger partial charge in [-0.1, -0.05) is 91.6 Å². The number of carbonyl (C=O) groups is 1. The first-order valence-corrected chi connectivity index (χ1v) is 14.0. The molecule has 1 atom stereocenters. The average molecular weight is 528 g/mol. The van der Waals surface area contributed by atoms with E-state index >= 15 is 0 Å². The molecule has 1 amide bonds. The summed E-state index contributed by atoms with van der Waals surface area (Å²) >= 11 is 8.79. The maximum Gasteiger partial charge on any atom is 0.266 e. The van der Waals surface area contributed by atoms with Crippen molar-refractivity contribution >= 4 is 52.0 Å². The highest BCUT2D eigenvalue weighted by Gasteiger charge is 2.36. The van der Waals surface area contributed by atoms with E-state index in [1.807, 2.05) is 96.3 Å². The van der Waals surface area contributed by atoms with Crippen LogP contribution >= 0.6 is 35.7 Å². The number of nitrogens with zero attached hydrogens (tertiary/aromatic N) is 3. The Kier molecular flexibility index (Phi) is 7.41. The van der Waals surface area contributed by atoms with Crippen molar-refractivity contribution in [3.63, 3.8) is 0 Å². The maximum atomic E-state index is 13.5. The van der Waals surface area contributed by atoms with E-state index < -0.39 is 0 Å². The average Bonchev–Trinajstić information content (AvgIpc) is 3.45. The highest BCUT2D eigenvalue weighted by molar-refractivity contribution is 8.26. The molecule has 36 heavy (non-hydrogen) atoms. The quantitative estimate of drug-likeness (QED) is 0.140. The summed E-state index contributed by atoms with van der Waals surface area (Å²) in [6.45, 7) is 4.16. The molecule has 4 aromatic rings. The Hall–Kier alpha value is -3.13. The standard InChI is InChI=1S/C29H25N3OS3/c1-3-35-25-16-14-22(15-17-25)27-23(19-31(30-27)24-12-8-5-9-13-24)18-26-28(33)32(29(34)36-26)20(2)21-10-6-4-7-11-21/h4-20H,3H2,1-2H3/b26-18-/t20-/m0/s1. The van der Waals surface area contributed by atoms with Gasteiger partial charge < -0.3 is 0 Å². The summed E-state index contributed by atoms with van der Waals surface area (Å²) in [6, 6.07) is 28.3. The van der Waals surface area contributed by atoms with Crippen LogP contribution < -0.4 is 0 Å². The van der Waals surface area contributed by atoms with E-state index in [1.165, 1.54) is 16.7 Å². The lowest BCUT2D eigenvalue weighted by Crippen LogP contribution is -2.30. The zero-order chi connectivity index (χ0) is 25.1. The minimum absolute atomic E-state index is 0.0746. The van der Waals surface area contributed by atoms with Gasteiger partial charge >= 0.3 is 0 Å². The molecule has 0 unspecified atom stereocenters. The number of aromatic nitrogens is 2. The van der Waals surface area contributed by atoms with Gasteiger partial charge in [0.05, 0.1) is 22.3 Å². The number of benzene rings is 3. The van der Waals surface area contributed by atoms with Crippen molar-refractivity contribution in [2.24, 2.45) is 0 Å². The lowest BCUT2D eigenvalue weighted by molar-refractivity contribution is -0.123. The van der Waals surface area contributed by atoms with Crippen molar-refractivity contribution in [2.75, 3.05) is 5.75 Å². The summed E-state index contributed by atoms with van der Waals surface area (Å²) in [4.78, 5) is 17.0. The third-order valence-corrected chi connectivity index (χ3v) is 8.21. The Bertz CT molecular complexity index is 1410. The second-order valence-electron chi connectivity index (χ2n) is 8.31. The molecule has 0 bridgehead atoms. The first-order valence-electron chi connectivity index (χ1n) is 11.8. The van der Waals surface area contributed by atoms with Crippen molar-refractivity contribution in [1.82, 2.24) is 14.7 Å². The summed E-state index contributed by atoms with van der Waals surface area (Å²) in [5, 5.41) is 4.91. The van der Waals surface area contributed by atoms with Crippen LogP contribution in [0.1, 0.15) is 31.0 Å². The minimum atomic E-state index is -0.139. The monoisotopic (exact) mass is 527 g/mol. The molecule has 1 aliphatic rings. The second kappa shape index (κ2) is 10.9. The largest absolute Gasteiger partial charge is 0.286 e. The van der Waals surface area contributed by atoms with Gasteiger partial charge in [-0.2, -0.15) is 5.10 Å². The lowest BCUT2D eigenvalue weighted by Gasteiger charge is -2.23. The van der Waals surface area contributed by atoms with E-state index in [0.29, 0.717) is 9.23 Å². The van der Waals surface area contributed by atoms with E-state index in [2.05, 4.69) is 31.2 Å². The SMILES string of the molecule is CCSc1ccc(-c2nn(-c3ccccc3)cc2/C=C2\SC(=S)N([C@@H](C)c3ccccc3)C2=O)cc1. The summed E-state index contributed by atoms with van der Waals surface area (Å²) in [5.74, 6) is 0.950. The van der Waals surface area contributed by atoms with Crippen LogP contribution in [0.4, 0.5) is 0 Å². The fourth-order valence-corrected chi connectivity index (χ4v) is 6.21. The van der Waals surface area contributed by atoms with Crippen LogP contribution in [0, 0.1) is 0 Å². The van der Waals surface area contributed by atoms with Gasteiger partial charge in [-0.25, -0.2) is 4.68 Å². The topological polar surface area (TPSA) is 38.1 Å². The number of carbonyl (C=O) groups excluding carboxylic acids is 1. The van der Waals surface area contributed by atoms with E-state index in [-0.39, 0.29) is 11.9 Å². The van der Waals surface area contributed by atoms with E-state index in [9.17, 15) is 4.79 Å². The molecule has 1 fully saturated rings. The van der Waals surface area contributed by atoms with Gasteiger partial charge in [0, 0.05) is 22.2 Å². The molecule has 1 aliphatic heterocycles. The number of thiocarbonyl (C=S) groups is 1.